The third-order valence-corrected chi connectivity index (χ3v) is 3.94. The number of rotatable bonds is 0. The van der Waals surface area contributed by atoms with E-state index in [1.54, 1.807) is 6.07 Å². The number of H-pyrrole nitrogens is 1. The van der Waals surface area contributed by atoms with Gasteiger partial charge in [-0.3, -0.25) is 0 Å². The lowest BCUT2D eigenvalue weighted by Crippen LogP contribution is -2.11. The predicted molar refractivity (Wildman–Crippen MR) is 81.6 cm³/mol. The minimum Gasteiger partial charge on any atom is -0.420 e. The van der Waals surface area contributed by atoms with Crippen molar-refractivity contribution in [3.8, 4) is 0 Å². The lowest BCUT2D eigenvalue weighted by molar-refractivity contribution is -0.136. The molecule has 0 aliphatic carbocycles. The van der Waals surface area contributed by atoms with Crippen molar-refractivity contribution in [2.24, 2.45) is 0 Å². The van der Waals surface area contributed by atoms with E-state index in [4.69, 9.17) is 4.42 Å². The molecule has 4 aromatic rings. The molecule has 0 spiro atoms. The Labute approximate surface area is 127 Å². The summed E-state index contributed by atoms with van der Waals surface area (Å²) in [4.78, 5) is 14.6. The second-order valence-corrected chi connectivity index (χ2v) is 5.52. The van der Waals surface area contributed by atoms with Gasteiger partial charge in [-0.05, 0) is 25.1 Å². The number of benzene rings is 2. The molecule has 0 saturated heterocycles. The van der Waals surface area contributed by atoms with Crippen molar-refractivity contribution in [2.75, 3.05) is 0 Å². The molecular weight excluding hydrogens is 307 g/mol. The van der Waals surface area contributed by atoms with Gasteiger partial charge in [-0.15, -0.1) is 0 Å². The fourth-order valence-corrected chi connectivity index (χ4v) is 2.93. The van der Waals surface area contributed by atoms with E-state index in [1.165, 1.54) is 6.07 Å². The number of halogens is 3. The number of hydrogen-bond acceptors (Lipinski definition) is 2. The Morgan fingerprint density at radius 1 is 1.00 bits per heavy atom. The molecule has 0 aliphatic rings. The molecule has 0 saturated carbocycles. The van der Waals surface area contributed by atoms with Gasteiger partial charge < -0.3 is 9.40 Å². The van der Waals surface area contributed by atoms with Crippen LogP contribution in [0.5, 0.6) is 0 Å². The topological polar surface area (TPSA) is 46.0 Å². The molecule has 0 unspecified atom stereocenters. The van der Waals surface area contributed by atoms with Gasteiger partial charge in [-0.1, -0.05) is 17.7 Å². The molecule has 116 valence electrons. The number of aromatic nitrogens is 1. The molecule has 2 aromatic heterocycles. The van der Waals surface area contributed by atoms with Crippen LogP contribution in [0.4, 0.5) is 13.2 Å². The van der Waals surface area contributed by atoms with Crippen molar-refractivity contribution in [3.05, 3.63) is 57.9 Å². The molecule has 0 radical (unpaired) electrons. The number of nitrogens with one attached hydrogen (secondary N) is 1. The Morgan fingerprint density at radius 2 is 1.74 bits per heavy atom. The van der Waals surface area contributed by atoms with Gasteiger partial charge in [0.05, 0.1) is 11.1 Å². The van der Waals surface area contributed by atoms with Crippen LogP contribution in [0.3, 0.4) is 0 Å². The summed E-state index contributed by atoms with van der Waals surface area (Å²) in [6.45, 7) is 1.93. The van der Waals surface area contributed by atoms with E-state index in [0.29, 0.717) is 11.6 Å². The van der Waals surface area contributed by atoms with Crippen LogP contribution < -0.4 is 5.63 Å². The number of fused-ring (bicyclic) bond motifs is 5. The van der Waals surface area contributed by atoms with E-state index >= 15 is 0 Å². The van der Waals surface area contributed by atoms with Crippen LogP contribution >= 0.6 is 0 Å². The molecule has 3 nitrogen and oxygen atoms in total. The Kier molecular flexibility index (Phi) is 2.64. The SMILES string of the molecule is Cc1ccc2[nH]c3c(ccc4c(C(F)(F)F)cc(=O)oc43)c2c1. The second kappa shape index (κ2) is 4.38. The highest BCUT2D eigenvalue weighted by atomic mass is 19.4. The molecule has 2 heterocycles. The third-order valence-electron chi connectivity index (χ3n) is 3.94. The van der Waals surface area contributed by atoms with Gasteiger partial charge in [-0.2, -0.15) is 13.2 Å². The lowest BCUT2D eigenvalue weighted by atomic mass is 10.1. The Bertz CT molecular complexity index is 1140. The maximum atomic E-state index is 13.2. The van der Waals surface area contributed by atoms with E-state index in [-0.39, 0.29) is 11.0 Å². The maximum absolute atomic E-state index is 13.2. The van der Waals surface area contributed by atoms with Gasteiger partial charge in [0.1, 0.15) is 0 Å². The van der Waals surface area contributed by atoms with Crippen LogP contribution in [0, 0.1) is 6.92 Å². The van der Waals surface area contributed by atoms with Gasteiger partial charge in [0.2, 0.25) is 0 Å². The largest absolute Gasteiger partial charge is 0.420 e. The quantitative estimate of drug-likeness (QED) is 0.476. The summed E-state index contributed by atoms with van der Waals surface area (Å²) in [5, 5.41) is 1.47. The van der Waals surface area contributed by atoms with Crippen LogP contribution in [-0.2, 0) is 6.18 Å². The van der Waals surface area contributed by atoms with E-state index in [0.717, 1.165) is 21.9 Å². The van der Waals surface area contributed by atoms with Crippen LogP contribution in [-0.4, -0.2) is 4.98 Å². The summed E-state index contributed by atoms with van der Waals surface area (Å²) in [5.41, 5.74) is 0.122. The van der Waals surface area contributed by atoms with Crippen LogP contribution in [0.2, 0.25) is 0 Å². The van der Waals surface area contributed by atoms with Crippen molar-refractivity contribution in [1.29, 1.82) is 0 Å². The molecule has 0 fully saturated rings. The predicted octanol–water partition coefficient (Wildman–Crippen LogP) is 4.75. The highest BCUT2D eigenvalue weighted by Crippen LogP contribution is 2.37. The van der Waals surface area contributed by atoms with E-state index in [2.05, 4.69) is 4.98 Å². The fourth-order valence-electron chi connectivity index (χ4n) is 2.93. The molecular formula is C17H10F3NO2. The van der Waals surface area contributed by atoms with Gasteiger partial charge in [0, 0.05) is 27.7 Å². The fraction of sp³-hybridized carbons (Fsp3) is 0.118. The molecule has 23 heavy (non-hydrogen) atoms. The molecule has 0 amide bonds. The lowest BCUT2D eigenvalue weighted by Gasteiger charge is -2.09. The number of hydrogen-bond donors (Lipinski definition) is 1. The van der Waals surface area contributed by atoms with Crippen LogP contribution in [0.25, 0.3) is 32.8 Å². The van der Waals surface area contributed by atoms with Gasteiger partial charge in [0.15, 0.2) is 5.58 Å². The zero-order valence-electron chi connectivity index (χ0n) is 11.9. The van der Waals surface area contributed by atoms with Crippen molar-refractivity contribution >= 4 is 32.8 Å². The highest BCUT2D eigenvalue weighted by Gasteiger charge is 2.34. The summed E-state index contributed by atoms with van der Waals surface area (Å²) in [6.07, 6.45) is -4.62. The molecule has 2 aromatic carbocycles. The van der Waals surface area contributed by atoms with E-state index < -0.39 is 17.4 Å². The Morgan fingerprint density at radius 3 is 2.48 bits per heavy atom. The monoisotopic (exact) mass is 317 g/mol. The highest BCUT2D eigenvalue weighted by molar-refractivity contribution is 6.15. The van der Waals surface area contributed by atoms with Gasteiger partial charge >= 0.3 is 11.8 Å². The smallest absolute Gasteiger partial charge is 0.417 e. The molecule has 0 atom stereocenters. The Balaban J connectivity index is 2.23. The van der Waals surface area contributed by atoms with E-state index in [1.807, 2.05) is 25.1 Å². The maximum Gasteiger partial charge on any atom is 0.417 e. The first-order valence-corrected chi connectivity index (χ1v) is 6.91. The number of aromatic amines is 1. The number of alkyl halides is 3. The average Bonchev–Trinajstić information content (AvgIpc) is 2.84. The van der Waals surface area contributed by atoms with Crippen molar-refractivity contribution in [1.82, 2.24) is 4.98 Å². The minimum atomic E-state index is -4.62. The molecule has 6 heteroatoms. The van der Waals surface area contributed by atoms with Crippen molar-refractivity contribution in [3.63, 3.8) is 0 Å². The Hall–Kier alpha value is -2.76. The van der Waals surface area contributed by atoms with Crippen LogP contribution in [0.15, 0.2) is 45.6 Å². The zero-order valence-corrected chi connectivity index (χ0v) is 11.9. The van der Waals surface area contributed by atoms with Crippen LogP contribution in [0.1, 0.15) is 11.1 Å². The standard InChI is InChI=1S/C17H10F3NO2/c1-8-2-5-13-11(6-8)9-3-4-10-12(17(18,19)20)7-14(22)23-16(10)15(9)21-13/h2-7,21H,1H3. The first-order chi connectivity index (χ1) is 10.8. The average molecular weight is 317 g/mol. The van der Waals surface area contributed by atoms with Gasteiger partial charge in [0.25, 0.3) is 0 Å². The summed E-state index contributed by atoms with van der Waals surface area (Å²) < 4.78 is 44.6. The summed E-state index contributed by atoms with van der Waals surface area (Å²) in [5.74, 6) is 0. The summed E-state index contributed by atoms with van der Waals surface area (Å²) in [7, 11) is 0. The first-order valence-electron chi connectivity index (χ1n) is 6.91. The van der Waals surface area contributed by atoms with Crippen molar-refractivity contribution < 1.29 is 17.6 Å². The first kappa shape index (κ1) is 13.9. The molecule has 4 rings (SSSR count). The zero-order chi connectivity index (χ0) is 16.4. The normalized spacial score (nSPS) is 12.5. The molecule has 0 aliphatic heterocycles. The van der Waals surface area contributed by atoms with Crippen molar-refractivity contribution in [2.45, 2.75) is 13.1 Å². The molecule has 1 N–H and O–H groups in total. The summed E-state index contributed by atoms with van der Waals surface area (Å²) in [6, 6.07) is 9.14. The molecule has 0 bridgehead atoms. The minimum absolute atomic E-state index is 0.0730. The number of aryl methyl sites for hydroxylation is 1. The second-order valence-electron chi connectivity index (χ2n) is 5.52. The summed E-state index contributed by atoms with van der Waals surface area (Å²) >= 11 is 0. The van der Waals surface area contributed by atoms with E-state index in [9.17, 15) is 18.0 Å². The third kappa shape index (κ3) is 2.02. The van der Waals surface area contributed by atoms with Gasteiger partial charge in [-0.25, -0.2) is 4.79 Å².